The second kappa shape index (κ2) is 10.3. The van der Waals surface area contributed by atoms with Gasteiger partial charge < -0.3 is 15.5 Å². The molecule has 5 amide bonds. The van der Waals surface area contributed by atoms with Gasteiger partial charge in [0, 0.05) is 31.4 Å². The van der Waals surface area contributed by atoms with Gasteiger partial charge in [0.2, 0.25) is 11.8 Å². The van der Waals surface area contributed by atoms with Crippen molar-refractivity contribution in [3.8, 4) is 11.1 Å². The highest BCUT2D eigenvalue weighted by molar-refractivity contribution is 6.10. The molecule has 0 radical (unpaired) electrons. The normalized spacial score (nSPS) is 22.8. The van der Waals surface area contributed by atoms with Gasteiger partial charge in [-0.2, -0.15) is 5.10 Å². The minimum Gasteiger partial charge on any atom is -0.358 e. The molecule has 2 aliphatic heterocycles. The van der Waals surface area contributed by atoms with E-state index in [0.717, 1.165) is 57.5 Å². The molecule has 11 heteroatoms. The maximum atomic E-state index is 13.9. The second-order valence-corrected chi connectivity index (χ2v) is 12.1. The average Bonchev–Trinajstić information content (AvgIpc) is 3.61. The SMILES string of the molecule is CNC(=O)Cn1cc(-c2ccc3c(c2)CC[C@@]32NC(=O)N(CC(=O)N3Cc4ccc(F)cc4CC[C@H]3C3CC3)C2=O)cn1. The smallest absolute Gasteiger partial charge is 0.325 e. The number of likely N-dealkylation sites (N-methyl/N-ethyl adjacent to an activating group) is 1. The van der Waals surface area contributed by atoms with Gasteiger partial charge in [0.25, 0.3) is 5.91 Å². The Kier molecular flexibility index (Phi) is 6.55. The van der Waals surface area contributed by atoms with Crippen LogP contribution in [-0.2, 0) is 45.9 Å². The zero-order valence-corrected chi connectivity index (χ0v) is 23.9. The number of halogens is 1. The quantitative estimate of drug-likeness (QED) is 0.433. The molecule has 1 saturated carbocycles. The van der Waals surface area contributed by atoms with Crippen LogP contribution in [0.2, 0.25) is 0 Å². The number of aromatic nitrogens is 2. The number of nitrogens with zero attached hydrogens (tertiary/aromatic N) is 4. The van der Waals surface area contributed by atoms with Crippen LogP contribution in [-0.4, -0.2) is 63.0 Å². The Balaban J connectivity index is 1.10. The van der Waals surface area contributed by atoms with Crippen molar-refractivity contribution in [1.82, 2.24) is 30.2 Å². The summed E-state index contributed by atoms with van der Waals surface area (Å²) in [6, 6.07) is 9.89. The van der Waals surface area contributed by atoms with Crippen LogP contribution < -0.4 is 10.6 Å². The molecule has 3 aromatic rings. The first-order chi connectivity index (χ1) is 20.8. The minimum absolute atomic E-state index is 0.00373. The van der Waals surface area contributed by atoms with Gasteiger partial charge in [0.05, 0.1) is 6.20 Å². The third-order valence-electron chi connectivity index (χ3n) is 9.46. The molecule has 43 heavy (non-hydrogen) atoms. The van der Waals surface area contributed by atoms with Crippen molar-refractivity contribution in [3.63, 3.8) is 0 Å². The maximum absolute atomic E-state index is 13.9. The van der Waals surface area contributed by atoms with Crippen LogP contribution in [0.15, 0.2) is 48.8 Å². The monoisotopic (exact) mass is 584 g/mol. The Morgan fingerprint density at radius 3 is 2.65 bits per heavy atom. The van der Waals surface area contributed by atoms with E-state index in [1.165, 1.54) is 6.07 Å². The fourth-order valence-electron chi connectivity index (χ4n) is 7.01. The van der Waals surface area contributed by atoms with Gasteiger partial charge in [-0.25, -0.2) is 9.18 Å². The van der Waals surface area contributed by atoms with Crippen molar-refractivity contribution in [2.24, 2.45) is 5.92 Å². The number of hydrogen-bond acceptors (Lipinski definition) is 5. The molecule has 4 aliphatic rings. The van der Waals surface area contributed by atoms with E-state index in [-0.39, 0.29) is 36.8 Å². The Morgan fingerprint density at radius 2 is 1.86 bits per heavy atom. The fourth-order valence-corrected chi connectivity index (χ4v) is 7.01. The molecule has 2 N–H and O–H groups in total. The number of fused-ring (bicyclic) bond motifs is 3. The van der Waals surface area contributed by atoms with E-state index in [2.05, 4.69) is 15.7 Å². The van der Waals surface area contributed by atoms with Gasteiger partial charge in [0.15, 0.2) is 0 Å². The Labute approximate surface area is 248 Å². The van der Waals surface area contributed by atoms with E-state index in [9.17, 15) is 23.6 Å². The van der Waals surface area contributed by atoms with Crippen molar-refractivity contribution in [2.45, 2.75) is 63.2 Å². The number of imide groups is 1. The number of rotatable bonds is 6. The minimum atomic E-state index is -1.20. The van der Waals surface area contributed by atoms with E-state index in [0.29, 0.717) is 31.7 Å². The summed E-state index contributed by atoms with van der Waals surface area (Å²) in [5.74, 6) is -0.716. The maximum Gasteiger partial charge on any atom is 0.325 e. The first kappa shape index (κ1) is 27.3. The van der Waals surface area contributed by atoms with Crippen LogP contribution in [0, 0.1) is 11.7 Å². The second-order valence-electron chi connectivity index (χ2n) is 12.1. The van der Waals surface area contributed by atoms with Crippen LogP contribution in [0.4, 0.5) is 9.18 Å². The number of aryl methyl sites for hydroxylation is 2. The van der Waals surface area contributed by atoms with Crippen molar-refractivity contribution < 1.29 is 23.6 Å². The molecule has 1 saturated heterocycles. The molecule has 7 rings (SSSR count). The molecule has 2 aromatic carbocycles. The first-order valence-corrected chi connectivity index (χ1v) is 14.8. The zero-order valence-electron chi connectivity index (χ0n) is 23.9. The molecule has 1 spiro atoms. The Morgan fingerprint density at radius 1 is 1.02 bits per heavy atom. The molecule has 1 aromatic heterocycles. The summed E-state index contributed by atoms with van der Waals surface area (Å²) >= 11 is 0. The Bertz CT molecular complexity index is 1660. The van der Waals surface area contributed by atoms with Crippen LogP contribution in [0.25, 0.3) is 11.1 Å². The van der Waals surface area contributed by atoms with Gasteiger partial charge >= 0.3 is 6.03 Å². The summed E-state index contributed by atoms with van der Waals surface area (Å²) in [6.07, 6.45) is 7.99. The largest absolute Gasteiger partial charge is 0.358 e. The lowest BCUT2D eigenvalue weighted by Gasteiger charge is -2.31. The summed E-state index contributed by atoms with van der Waals surface area (Å²) in [6.45, 7) is 0.128. The lowest BCUT2D eigenvalue weighted by atomic mass is 9.90. The Hall–Kier alpha value is -4.54. The molecule has 2 atom stereocenters. The van der Waals surface area contributed by atoms with Crippen molar-refractivity contribution >= 4 is 23.8 Å². The molecule has 10 nitrogen and oxygen atoms in total. The van der Waals surface area contributed by atoms with Crippen LogP contribution in [0.5, 0.6) is 0 Å². The van der Waals surface area contributed by atoms with E-state index >= 15 is 0 Å². The first-order valence-electron chi connectivity index (χ1n) is 14.8. The molecular weight excluding hydrogens is 551 g/mol. The topological polar surface area (TPSA) is 117 Å². The van der Waals surface area contributed by atoms with Gasteiger partial charge in [-0.3, -0.25) is 24.0 Å². The van der Waals surface area contributed by atoms with Crippen molar-refractivity contribution in [3.05, 3.63) is 76.9 Å². The molecule has 2 aliphatic carbocycles. The summed E-state index contributed by atoms with van der Waals surface area (Å²) in [4.78, 5) is 55.6. The van der Waals surface area contributed by atoms with Crippen molar-refractivity contribution in [2.75, 3.05) is 13.6 Å². The number of nitrogens with one attached hydrogen (secondary N) is 2. The fraction of sp³-hybridized carbons (Fsp3) is 0.406. The summed E-state index contributed by atoms with van der Waals surface area (Å²) in [7, 11) is 1.57. The van der Waals surface area contributed by atoms with Gasteiger partial charge in [0.1, 0.15) is 24.4 Å². The molecule has 0 bridgehead atoms. The number of carbonyl (C=O) groups is 4. The third-order valence-corrected chi connectivity index (χ3v) is 9.46. The highest BCUT2D eigenvalue weighted by atomic mass is 19.1. The van der Waals surface area contributed by atoms with Crippen LogP contribution in [0.1, 0.15) is 47.9 Å². The van der Waals surface area contributed by atoms with Crippen LogP contribution >= 0.6 is 0 Å². The van der Waals surface area contributed by atoms with E-state index in [1.54, 1.807) is 36.3 Å². The lowest BCUT2D eigenvalue weighted by Crippen LogP contribution is -2.48. The van der Waals surface area contributed by atoms with Gasteiger partial charge in [-0.15, -0.1) is 0 Å². The standard InChI is InChI=1S/C32H33FN6O4/c1-34-28(40)17-37-15-24(14-35-37)20-5-8-26-22(12-20)10-11-32(26)30(42)39(31(43)36-32)18-29(41)38-16-23-4-7-25(33)13-21(23)6-9-27(38)19-2-3-19/h4-5,7-8,12-15,19,27H,2-3,6,9-11,16-18H2,1H3,(H,34,40)(H,36,43)/t27-,32+/m0/s1. The molecule has 0 unspecified atom stereocenters. The van der Waals surface area contributed by atoms with E-state index < -0.39 is 17.5 Å². The molecule has 2 fully saturated rings. The molecule has 3 heterocycles. The van der Waals surface area contributed by atoms with Gasteiger partial charge in [-0.05, 0) is 84.4 Å². The predicted molar refractivity (Wildman–Crippen MR) is 154 cm³/mol. The molecule has 222 valence electrons. The number of urea groups is 1. The number of carbonyl (C=O) groups excluding carboxylic acids is 4. The zero-order chi connectivity index (χ0) is 29.9. The highest BCUT2D eigenvalue weighted by Gasteiger charge is 2.56. The summed E-state index contributed by atoms with van der Waals surface area (Å²) in [5.41, 5.74) is 4.05. The predicted octanol–water partition coefficient (Wildman–Crippen LogP) is 2.88. The number of hydrogen-bond donors (Lipinski definition) is 2. The summed E-state index contributed by atoms with van der Waals surface area (Å²) in [5, 5.41) is 9.78. The van der Waals surface area contributed by atoms with Crippen molar-refractivity contribution in [1.29, 1.82) is 0 Å². The number of amides is 5. The van der Waals surface area contributed by atoms with Crippen LogP contribution in [0.3, 0.4) is 0 Å². The summed E-state index contributed by atoms with van der Waals surface area (Å²) < 4.78 is 15.5. The third kappa shape index (κ3) is 4.76. The number of benzene rings is 2. The van der Waals surface area contributed by atoms with E-state index in [1.807, 2.05) is 23.1 Å². The molecular formula is C32H33FN6O4. The van der Waals surface area contributed by atoms with E-state index in [4.69, 9.17) is 0 Å². The highest BCUT2D eigenvalue weighted by Crippen LogP contribution is 2.43. The lowest BCUT2D eigenvalue weighted by molar-refractivity contribution is -0.141. The van der Waals surface area contributed by atoms with Gasteiger partial charge in [-0.1, -0.05) is 24.3 Å². The average molecular weight is 585 g/mol.